The third kappa shape index (κ3) is 4.83. The number of nitrogens with zero attached hydrogens (tertiary/aromatic N) is 1. The molecule has 112 valence electrons. The highest BCUT2D eigenvalue weighted by molar-refractivity contribution is 7.98. The summed E-state index contributed by atoms with van der Waals surface area (Å²) in [5.74, 6) is 0.0959. The van der Waals surface area contributed by atoms with Crippen molar-refractivity contribution in [2.45, 2.75) is 11.5 Å². The maximum atomic E-state index is 11.6. The Kier molecular flexibility index (Phi) is 5.87. The second-order valence-electron chi connectivity index (χ2n) is 4.43. The minimum Gasteiger partial charge on any atom is -0.482 e. The first-order valence-electron chi connectivity index (χ1n) is 6.63. The summed E-state index contributed by atoms with van der Waals surface area (Å²) in [4.78, 5) is 12.8. The van der Waals surface area contributed by atoms with Gasteiger partial charge in [0.2, 0.25) is 0 Å². The molecule has 0 aliphatic carbocycles. The van der Waals surface area contributed by atoms with Crippen LogP contribution in [0, 0.1) is 11.3 Å². The van der Waals surface area contributed by atoms with Gasteiger partial charge in [-0.05, 0) is 48.2 Å². The molecule has 0 atom stereocenters. The highest BCUT2D eigenvalue weighted by atomic mass is 32.2. The van der Waals surface area contributed by atoms with Gasteiger partial charge < -0.3 is 9.47 Å². The Morgan fingerprint density at radius 1 is 1.14 bits per heavy atom. The molecule has 0 heterocycles. The third-order valence-corrected chi connectivity index (χ3v) is 3.64. The predicted molar refractivity (Wildman–Crippen MR) is 84.7 cm³/mol. The lowest BCUT2D eigenvalue weighted by Gasteiger charge is -2.07. The van der Waals surface area contributed by atoms with E-state index >= 15 is 0 Å². The second-order valence-corrected chi connectivity index (χ2v) is 5.31. The first kappa shape index (κ1) is 15.9. The summed E-state index contributed by atoms with van der Waals surface area (Å²) in [5, 5.41) is 8.69. The van der Waals surface area contributed by atoms with Gasteiger partial charge in [0, 0.05) is 4.90 Å². The molecule has 2 rings (SSSR count). The molecule has 0 aromatic heterocycles. The number of hydrogen-bond acceptors (Lipinski definition) is 5. The molecule has 0 unspecified atom stereocenters. The van der Waals surface area contributed by atoms with Gasteiger partial charge in [-0.1, -0.05) is 12.1 Å². The fraction of sp³-hybridized carbons (Fsp3) is 0.176. The molecule has 0 aliphatic heterocycles. The standard InChI is InChI=1S/C17H15NO3S/c1-22-16-8-4-14(5-9-16)11-21-17(19)12-20-15-6-2-13(10-18)3-7-15/h2-9H,11-12H2,1H3. The molecule has 0 N–H and O–H groups in total. The Balaban J connectivity index is 1.76. The van der Waals surface area contributed by atoms with Crippen molar-refractivity contribution in [2.24, 2.45) is 0 Å². The third-order valence-electron chi connectivity index (χ3n) is 2.90. The van der Waals surface area contributed by atoms with Crippen LogP contribution in [0.2, 0.25) is 0 Å². The van der Waals surface area contributed by atoms with Crippen LogP contribution in [-0.2, 0) is 16.1 Å². The number of hydrogen-bond donors (Lipinski definition) is 0. The van der Waals surface area contributed by atoms with Crippen molar-refractivity contribution >= 4 is 17.7 Å². The summed E-state index contributed by atoms with van der Waals surface area (Å²) in [7, 11) is 0. The van der Waals surface area contributed by atoms with Crippen LogP contribution >= 0.6 is 11.8 Å². The van der Waals surface area contributed by atoms with Crippen LogP contribution < -0.4 is 4.74 Å². The number of nitriles is 1. The van der Waals surface area contributed by atoms with E-state index in [0.29, 0.717) is 11.3 Å². The van der Waals surface area contributed by atoms with E-state index < -0.39 is 5.97 Å². The van der Waals surface area contributed by atoms with E-state index in [-0.39, 0.29) is 13.2 Å². The van der Waals surface area contributed by atoms with Crippen LogP contribution in [0.4, 0.5) is 0 Å². The van der Waals surface area contributed by atoms with E-state index in [1.165, 1.54) is 4.90 Å². The molecule has 0 spiro atoms. The van der Waals surface area contributed by atoms with Gasteiger partial charge in [-0.3, -0.25) is 0 Å². The van der Waals surface area contributed by atoms with Gasteiger partial charge in [0.15, 0.2) is 6.61 Å². The van der Waals surface area contributed by atoms with Gasteiger partial charge >= 0.3 is 5.97 Å². The average molecular weight is 313 g/mol. The highest BCUT2D eigenvalue weighted by Crippen LogP contribution is 2.15. The first-order valence-corrected chi connectivity index (χ1v) is 7.85. The number of carbonyl (C=O) groups excluding carboxylic acids is 1. The Morgan fingerprint density at radius 2 is 1.82 bits per heavy atom. The minimum atomic E-state index is -0.432. The molecule has 2 aromatic carbocycles. The average Bonchev–Trinajstić information content (AvgIpc) is 2.59. The van der Waals surface area contributed by atoms with Gasteiger partial charge in [-0.2, -0.15) is 5.26 Å². The second kappa shape index (κ2) is 8.11. The molecule has 0 radical (unpaired) electrons. The van der Waals surface area contributed by atoms with E-state index in [1.54, 1.807) is 36.0 Å². The molecule has 0 saturated carbocycles. The zero-order chi connectivity index (χ0) is 15.8. The maximum Gasteiger partial charge on any atom is 0.344 e. The van der Waals surface area contributed by atoms with Crippen LogP contribution in [0.3, 0.4) is 0 Å². The van der Waals surface area contributed by atoms with Gasteiger partial charge in [-0.15, -0.1) is 11.8 Å². The fourth-order valence-corrected chi connectivity index (χ4v) is 2.10. The van der Waals surface area contributed by atoms with Gasteiger partial charge in [0.25, 0.3) is 0 Å². The Morgan fingerprint density at radius 3 is 2.41 bits per heavy atom. The van der Waals surface area contributed by atoms with E-state index in [0.717, 1.165) is 5.56 Å². The van der Waals surface area contributed by atoms with Crippen molar-refractivity contribution in [1.29, 1.82) is 5.26 Å². The molecule has 0 bridgehead atoms. The van der Waals surface area contributed by atoms with Crippen molar-refractivity contribution in [3.8, 4) is 11.8 Å². The minimum absolute atomic E-state index is 0.158. The van der Waals surface area contributed by atoms with Crippen LogP contribution in [0.25, 0.3) is 0 Å². The SMILES string of the molecule is CSc1ccc(COC(=O)COc2ccc(C#N)cc2)cc1. The lowest BCUT2D eigenvalue weighted by Crippen LogP contribution is -2.14. The lowest BCUT2D eigenvalue weighted by molar-refractivity contribution is -0.147. The monoisotopic (exact) mass is 313 g/mol. The summed E-state index contributed by atoms with van der Waals surface area (Å²) in [5.41, 5.74) is 1.48. The van der Waals surface area contributed by atoms with Crippen LogP contribution in [0.1, 0.15) is 11.1 Å². The Hall–Kier alpha value is -2.45. The number of ether oxygens (including phenoxy) is 2. The van der Waals surface area contributed by atoms with Crippen molar-refractivity contribution in [3.05, 3.63) is 59.7 Å². The van der Waals surface area contributed by atoms with E-state index in [4.69, 9.17) is 14.7 Å². The molecule has 0 saturated heterocycles. The van der Waals surface area contributed by atoms with Gasteiger partial charge in [-0.25, -0.2) is 4.79 Å². The predicted octanol–water partition coefficient (Wildman–Crippen LogP) is 3.40. The number of carbonyl (C=O) groups is 1. The summed E-state index contributed by atoms with van der Waals surface area (Å²) in [6.45, 7) is 0.0685. The van der Waals surface area contributed by atoms with Crippen LogP contribution in [0.15, 0.2) is 53.4 Å². The van der Waals surface area contributed by atoms with E-state index in [1.807, 2.05) is 36.6 Å². The molecule has 0 aliphatic rings. The molecule has 0 amide bonds. The van der Waals surface area contributed by atoms with Crippen molar-refractivity contribution in [1.82, 2.24) is 0 Å². The molecule has 2 aromatic rings. The fourth-order valence-electron chi connectivity index (χ4n) is 1.70. The largest absolute Gasteiger partial charge is 0.482 e. The van der Waals surface area contributed by atoms with Gasteiger partial charge in [0.05, 0.1) is 11.6 Å². The quantitative estimate of drug-likeness (QED) is 0.604. The topological polar surface area (TPSA) is 59.3 Å². The molecule has 22 heavy (non-hydrogen) atoms. The Labute approximate surface area is 133 Å². The first-order chi connectivity index (χ1) is 10.7. The zero-order valence-electron chi connectivity index (χ0n) is 12.1. The molecular weight excluding hydrogens is 298 g/mol. The van der Waals surface area contributed by atoms with Crippen molar-refractivity contribution < 1.29 is 14.3 Å². The summed E-state index contributed by atoms with van der Waals surface area (Å²) >= 11 is 1.66. The Bertz CT molecular complexity index is 660. The summed E-state index contributed by atoms with van der Waals surface area (Å²) < 4.78 is 10.5. The number of benzene rings is 2. The molecular formula is C17H15NO3S. The number of rotatable bonds is 6. The highest BCUT2D eigenvalue weighted by Gasteiger charge is 2.05. The number of thioether (sulfide) groups is 1. The normalized spacial score (nSPS) is 9.82. The molecule has 5 heteroatoms. The maximum absolute atomic E-state index is 11.6. The lowest BCUT2D eigenvalue weighted by atomic mass is 10.2. The number of esters is 1. The zero-order valence-corrected chi connectivity index (χ0v) is 12.9. The molecule has 4 nitrogen and oxygen atoms in total. The van der Waals surface area contributed by atoms with Crippen LogP contribution in [-0.4, -0.2) is 18.8 Å². The van der Waals surface area contributed by atoms with Crippen molar-refractivity contribution in [2.75, 3.05) is 12.9 Å². The molecule has 0 fully saturated rings. The summed E-state index contributed by atoms with van der Waals surface area (Å²) in [6, 6.07) is 16.4. The van der Waals surface area contributed by atoms with Crippen molar-refractivity contribution in [3.63, 3.8) is 0 Å². The van der Waals surface area contributed by atoms with E-state index in [9.17, 15) is 4.79 Å². The summed E-state index contributed by atoms with van der Waals surface area (Å²) in [6.07, 6.45) is 2.01. The smallest absolute Gasteiger partial charge is 0.344 e. The van der Waals surface area contributed by atoms with Crippen LogP contribution in [0.5, 0.6) is 5.75 Å². The van der Waals surface area contributed by atoms with E-state index in [2.05, 4.69) is 0 Å². The van der Waals surface area contributed by atoms with Gasteiger partial charge in [0.1, 0.15) is 12.4 Å².